The molecule has 0 heterocycles. The molecule has 0 fully saturated rings. The SMILES string of the molecule is CC[C@@H](OC(N)=O)[C@H](OC)c1ccc(Cl)cc1Cl. The monoisotopic (exact) mass is 291 g/mol. The summed E-state index contributed by atoms with van der Waals surface area (Å²) < 4.78 is 10.4. The molecule has 4 nitrogen and oxygen atoms in total. The van der Waals surface area contributed by atoms with E-state index >= 15 is 0 Å². The molecule has 0 aliphatic carbocycles. The molecule has 2 N–H and O–H groups in total. The maximum atomic E-state index is 10.8. The van der Waals surface area contributed by atoms with Crippen molar-refractivity contribution >= 4 is 29.3 Å². The first-order chi connectivity index (χ1) is 8.49. The summed E-state index contributed by atoms with van der Waals surface area (Å²) in [5.74, 6) is 0. The van der Waals surface area contributed by atoms with Gasteiger partial charge in [-0.3, -0.25) is 0 Å². The van der Waals surface area contributed by atoms with Crippen LogP contribution in [0.15, 0.2) is 18.2 Å². The number of rotatable bonds is 5. The second-order valence-electron chi connectivity index (χ2n) is 3.71. The lowest BCUT2D eigenvalue weighted by molar-refractivity contribution is -0.0226. The van der Waals surface area contributed by atoms with E-state index in [1.165, 1.54) is 7.11 Å². The average molecular weight is 292 g/mol. The zero-order valence-corrected chi connectivity index (χ0v) is 11.7. The first-order valence-corrected chi connectivity index (χ1v) is 6.19. The number of primary amides is 1. The van der Waals surface area contributed by atoms with Gasteiger partial charge in [-0.05, 0) is 18.6 Å². The number of hydrogen-bond donors (Lipinski definition) is 1. The highest BCUT2D eigenvalue weighted by Crippen LogP contribution is 2.32. The normalized spacial score (nSPS) is 14.0. The van der Waals surface area contributed by atoms with Crippen LogP contribution < -0.4 is 5.73 Å². The molecule has 1 aromatic carbocycles. The molecule has 6 heteroatoms. The number of halogens is 2. The van der Waals surface area contributed by atoms with Gasteiger partial charge in [-0.25, -0.2) is 4.79 Å². The summed E-state index contributed by atoms with van der Waals surface area (Å²) >= 11 is 11.9. The van der Waals surface area contributed by atoms with E-state index in [4.69, 9.17) is 38.4 Å². The Balaban J connectivity index is 3.03. The van der Waals surface area contributed by atoms with Gasteiger partial charge in [0, 0.05) is 22.7 Å². The van der Waals surface area contributed by atoms with Crippen LogP contribution in [-0.2, 0) is 9.47 Å². The molecule has 0 aliphatic heterocycles. The number of carbonyl (C=O) groups excluding carboxylic acids is 1. The number of nitrogens with two attached hydrogens (primary N) is 1. The van der Waals surface area contributed by atoms with E-state index in [9.17, 15) is 4.79 Å². The van der Waals surface area contributed by atoms with Crippen LogP contribution >= 0.6 is 23.2 Å². The Bertz CT molecular complexity index is 426. The molecule has 0 aliphatic rings. The van der Waals surface area contributed by atoms with Crippen LogP contribution in [0.5, 0.6) is 0 Å². The summed E-state index contributed by atoms with van der Waals surface area (Å²) in [6, 6.07) is 5.05. The largest absolute Gasteiger partial charge is 0.443 e. The number of ether oxygens (including phenoxy) is 2. The maximum Gasteiger partial charge on any atom is 0.404 e. The number of amides is 1. The van der Waals surface area contributed by atoms with Gasteiger partial charge in [0.25, 0.3) is 0 Å². The highest BCUT2D eigenvalue weighted by atomic mass is 35.5. The molecule has 2 atom stereocenters. The molecule has 1 aromatic rings. The van der Waals surface area contributed by atoms with Crippen LogP contribution in [0.2, 0.25) is 10.0 Å². The lowest BCUT2D eigenvalue weighted by Gasteiger charge is -2.25. The van der Waals surface area contributed by atoms with Gasteiger partial charge in [-0.15, -0.1) is 0 Å². The van der Waals surface area contributed by atoms with Gasteiger partial charge < -0.3 is 15.2 Å². The predicted octanol–water partition coefficient (Wildman–Crippen LogP) is 3.55. The van der Waals surface area contributed by atoms with Crippen molar-refractivity contribution in [3.8, 4) is 0 Å². The summed E-state index contributed by atoms with van der Waals surface area (Å²) in [7, 11) is 1.52. The minimum atomic E-state index is -0.839. The van der Waals surface area contributed by atoms with Gasteiger partial charge in [-0.1, -0.05) is 36.2 Å². The Morgan fingerprint density at radius 3 is 2.56 bits per heavy atom. The van der Waals surface area contributed by atoms with E-state index in [0.717, 1.165) is 0 Å². The Labute approximate surface area is 116 Å². The predicted molar refractivity (Wildman–Crippen MR) is 71.0 cm³/mol. The lowest BCUT2D eigenvalue weighted by Crippen LogP contribution is -2.29. The van der Waals surface area contributed by atoms with Crippen LogP contribution in [0.3, 0.4) is 0 Å². The molecule has 0 spiro atoms. The third-order valence-electron chi connectivity index (χ3n) is 2.53. The zero-order valence-electron chi connectivity index (χ0n) is 10.2. The maximum absolute atomic E-state index is 10.8. The van der Waals surface area contributed by atoms with E-state index in [1.54, 1.807) is 18.2 Å². The van der Waals surface area contributed by atoms with Gasteiger partial charge in [0.1, 0.15) is 12.2 Å². The minimum Gasteiger partial charge on any atom is -0.443 e. The fourth-order valence-electron chi connectivity index (χ4n) is 1.72. The van der Waals surface area contributed by atoms with E-state index in [2.05, 4.69) is 0 Å². The standard InChI is InChI=1S/C12H15Cl2NO3/c1-3-10(18-12(15)16)11(17-2)8-5-4-7(13)6-9(8)14/h4-6,10-11H,3H2,1-2H3,(H2,15,16)/t10-,11-/m1/s1. The lowest BCUT2D eigenvalue weighted by atomic mass is 10.0. The zero-order chi connectivity index (χ0) is 13.7. The van der Waals surface area contributed by atoms with Crippen molar-refractivity contribution in [3.05, 3.63) is 33.8 Å². The second-order valence-corrected chi connectivity index (χ2v) is 4.55. The fourth-order valence-corrected chi connectivity index (χ4v) is 2.24. The van der Waals surface area contributed by atoms with E-state index in [0.29, 0.717) is 22.0 Å². The number of carbonyl (C=O) groups is 1. The third kappa shape index (κ3) is 3.77. The Morgan fingerprint density at radius 2 is 2.11 bits per heavy atom. The van der Waals surface area contributed by atoms with Crippen molar-refractivity contribution in [2.45, 2.75) is 25.6 Å². The summed E-state index contributed by atoms with van der Waals surface area (Å²) in [5.41, 5.74) is 5.74. The summed E-state index contributed by atoms with van der Waals surface area (Å²) in [6.07, 6.45) is -1.26. The van der Waals surface area contributed by atoms with Gasteiger partial charge in [-0.2, -0.15) is 0 Å². The molecule has 0 saturated heterocycles. The smallest absolute Gasteiger partial charge is 0.404 e. The van der Waals surface area contributed by atoms with Crippen molar-refractivity contribution in [1.82, 2.24) is 0 Å². The molecule has 100 valence electrons. The Hall–Kier alpha value is -0.970. The highest BCUT2D eigenvalue weighted by molar-refractivity contribution is 6.35. The molecule has 0 saturated carbocycles. The first kappa shape index (κ1) is 15.1. The summed E-state index contributed by atoms with van der Waals surface area (Å²) in [4.78, 5) is 10.8. The molecular weight excluding hydrogens is 277 g/mol. The fraction of sp³-hybridized carbons (Fsp3) is 0.417. The van der Waals surface area contributed by atoms with Crippen molar-refractivity contribution < 1.29 is 14.3 Å². The first-order valence-electron chi connectivity index (χ1n) is 5.43. The van der Waals surface area contributed by atoms with E-state index in [1.807, 2.05) is 6.92 Å². The van der Waals surface area contributed by atoms with Crippen molar-refractivity contribution in [3.63, 3.8) is 0 Å². The van der Waals surface area contributed by atoms with Gasteiger partial charge in [0.05, 0.1) is 0 Å². The van der Waals surface area contributed by atoms with E-state index in [-0.39, 0.29) is 0 Å². The molecule has 0 bridgehead atoms. The molecule has 0 radical (unpaired) electrons. The number of methoxy groups -OCH3 is 1. The Kier molecular flexibility index (Phi) is 5.72. The molecule has 0 unspecified atom stereocenters. The topological polar surface area (TPSA) is 61.5 Å². The third-order valence-corrected chi connectivity index (χ3v) is 3.09. The average Bonchev–Trinajstić information content (AvgIpc) is 2.30. The van der Waals surface area contributed by atoms with Crippen LogP contribution in [0.4, 0.5) is 4.79 Å². The van der Waals surface area contributed by atoms with Crippen molar-refractivity contribution in [2.75, 3.05) is 7.11 Å². The van der Waals surface area contributed by atoms with Crippen LogP contribution in [0.1, 0.15) is 25.0 Å². The van der Waals surface area contributed by atoms with Crippen LogP contribution in [-0.4, -0.2) is 19.3 Å². The second kappa shape index (κ2) is 6.83. The summed E-state index contributed by atoms with van der Waals surface area (Å²) in [5, 5.41) is 0.989. The summed E-state index contributed by atoms with van der Waals surface area (Å²) in [6.45, 7) is 1.86. The van der Waals surface area contributed by atoms with Gasteiger partial charge in [0.2, 0.25) is 0 Å². The van der Waals surface area contributed by atoms with Gasteiger partial charge in [0.15, 0.2) is 0 Å². The molecule has 18 heavy (non-hydrogen) atoms. The van der Waals surface area contributed by atoms with Crippen LogP contribution in [0.25, 0.3) is 0 Å². The molecule has 1 rings (SSSR count). The Morgan fingerprint density at radius 1 is 1.44 bits per heavy atom. The van der Waals surface area contributed by atoms with Crippen LogP contribution in [0, 0.1) is 0 Å². The quantitative estimate of drug-likeness (QED) is 0.902. The highest BCUT2D eigenvalue weighted by Gasteiger charge is 2.26. The van der Waals surface area contributed by atoms with E-state index < -0.39 is 18.3 Å². The molecule has 0 aromatic heterocycles. The molecule has 1 amide bonds. The number of benzene rings is 1. The number of hydrogen-bond acceptors (Lipinski definition) is 3. The van der Waals surface area contributed by atoms with Crippen molar-refractivity contribution in [1.29, 1.82) is 0 Å². The molecular formula is C12H15Cl2NO3. The minimum absolute atomic E-state index is 0.459. The van der Waals surface area contributed by atoms with Gasteiger partial charge >= 0.3 is 6.09 Å². The van der Waals surface area contributed by atoms with Crippen molar-refractivity contribution in [2.24, 2.45) is 5.73 Å².